The Morgan fingerprint density at radius 3 is 2.38 bits per heavy atom. The largest absolute Gasteiger partial charge is 0.306 e. The highest BCUT2D eigenvalue weighted by molar-refractivity contribution is 7.82. The summed E-state index contributed by atoms with van der Waals surface area (Å²) in [6.45, 7) is 0. The van der Waals surface area contributed by atoms with Crippen LogP contribution < -0.4 is 10.7 Å². The number of aromatic amines is 1. The third-order valence-corrected chi connectivity index (χ3v) is 4.76. The molecule has 2 aromatic carbocycles. The number of nitrogens with one attached hydrogen (secondary N) is 1. The monoisotopic (exact) mass is 335 g/mol. The maximum absolute atomic E-state index is 12.2. The molecule has 0 radical (unpaired) electrons. The van der Waals surface area contributed by atoms with Crippen LogP contribution in [0.1, 0.15) is 0 Å². The van der Waals surface area contributed by atoms with E-state index < -0.39 is 11.0 Å². The van der Waals surface area contributed by atoms with Crippen LogP contribution in [0.3, 0.4) is 0 Å². The molecule has 1 unspecified atom stereocenters. The zero-order chi connectivity index (χ0) is 16.7. The van der Waals surface area contributed by atoms with Crippen LogP contribution in [0.25, 0.3) is 32.9 Å². The first kappa shape index (κ1) is 14.7. The quantitative estimate of drug-likeness (QED) is 0.552. The molecule has 2 aromatic heterocycles. The van der Waals surface area contributed by atoms with Crippen molar-refractivity contribution in [2.45, 2.75) is 4.90 Å². The third-order valence-electron chi connectivity index (χ3n) is 4.02. The zero-order valence-corrected chi connectivity index (χ0v) is 13.3. The topological polar surface area (TPSA) is 88.8 Å². The molecule has 0 bridgehead atoms. The molecule has 2 heterocycles. The van der Waals surface area contributed by atoms with Crippen molar-refractivity contribution in [1.29, 1.82) is 0 Å². The molecule has 0 saturated carbocycles. The van der Waals surface area contributed by atoms with Gasteiger partial charge in [-0.05, 0) is 40.8 Å². The molecular formula is C18H13N3O2S. The average molecular weight is 335 g/mol. The molecule has 0 aliphatic carbocycles. The van der Waals surface area contributed by atoms with Crippen molar-refractivity contribution in [3.8, 4) is 11.1 Å². The molecule has 0 saturated heterocycles. The number of nitrogens with zero attached hydrogens (tertiary/aromatic N) is 1. The van der Waals surface area contributed by atoms with Crippen LogP contribution >= 0.6 is 0 Å². The van der Waals surface area contributed by atoms with Gasteiger partial charge in [0.2, 0.25) is 0 Å². The minimum Gasteiger partial charge on any atom is -0.306 e. The maximum Gasteiger partial charge on any atom is 0.257 e. The standard InChI is InChI=1S/C18H13N3O2S/c19-24(23)12-7-5-11(6-8-12)13-9-10-20-17-16(13)14-3-1-2-4-15(14)18(22)21-17/h1-10H,19H2,(H,20,21,22). The maximum atomic E-state index is 12.2. The molecule has 5 nitrogen and oxygen atoms in total. The molecule has 0 amide bonds. The van der Waals surface area contributed by atoms with E-state index in [1.807, 2.05) is 36.4 Å². The van der Waals surface area contributed by atoms with E-state index in [2.05, 4.69) is 9.97 Å². The molecule has 24 heavy (non-hydrogen) atoms. The number of H-pyrrole nitrogens is 1. The first-order valence-electron chi connectivity index (χ1n) is 7.31. The van der Waals surface area contributed by atoms with Crippen LogP contribution in [-0.2, 0) is 11.0 Å². The van der Waals surface area contributed by atoms with Gasteiger partial charge >= 0.3 is 0 Å². The Bertz CT molecular complexity index is 1150. The number of fused-ring (bicyclic) bond motifs is 3. The smallest absolute Gasteiger partial charge is 0.257 e. The summed E-state index contributed by atoms with van der Waals surface area (Å²) >= 11 is 0. The Hall–Kier alpha value is -2.83. The van der Waals surface area contributed by atoms with Gasteiger partial charge in [-0.1, -0.05) is 30.3 Å². The summed E-state index contributed by atoms with van der Waals surface area (Å²) in [5.74, 6) is 0. The Balaban J connectivity index is 2.07. The molecule has 0 spiro atoms. The predicted octanol–water partition coefficient (Wildman–Crippen LogP) is 2.72. The van der Waals surface area contributed by atoms with Crippen molar-refractivity contribution >= 4 is 32.8 Å². The van der Waals surface area contributed by atoms with E-state index in [1.54, 1.807) is 24.4 Å². The summed E-state index contributed by atoms with van der Waals surface area (Å²) in [5.41, 5.74) is 2.27. The Labute approximate surface area is 139 Å². The van der Waals surface area contributed by atoms with E-state index in [1.165, 1.54) is 0 Å². The highest BCUT2D eigenvalue weighted by Crippen LogP contribution is 2.31. The first-order chi connectivity index (χ1) is 11.6. The molecule has 6 heteroatoms. The first-order valence-corrected chi connectivity index (χ1v) is 8.53. The van der Waals surface area contributed by atoms with Crippen LogP contribution in [0.15, 0.2) is 70.5 Å². The van der Waals surface area contributed by atoms with Gasteiger partial charge in [-0.3, -0.25) is 4.79 Å². The number of aromatic nitrogens is 2. The number of hydrogen-bond acceptors (Lipinski definition) is 3. The van der Waals surface area contributed by atoms with Crippen LogP contribution in [0.4, 0.5) is 0 Å². The number of hydrogen-bond donors (Lipinski definition) is 2. The summed E-state index contributed by atoms with van der Waals surface area (Å²) < 4.78 is 11.4. The molecule has 4 aromatic rings. The van der Waals surface area contributed by atoms with Gasteiger partial charge in [0.1, 0.15) is 16.6 Å². The van der Waals surface area contributed by atoms with Crippen molar-refractivity contribution in [3.05, 3.63) is 71.1 Å². The molecule has 3 N–H and O–H groups in total. The second-order valence-electron chi connectivity index (χ2n) is 5.40. The molecule has 4 rings (SSSR count). The summed E-state index contributed by atoms with van der Waals surface area (Å²) in [5, 5.41) is 7.77. The van der Waals surface area contributed by atoms with E-state index in [-0.39, 0.29) is 5.56 Å². The van der Waals surface area contributed by atoms with Gasteiger partial charge < -0.3 is 4.98 Å². The minimum atomic E-state index is -1.51. The normalized spacial score (nSPS) is 12.5. The lowest BCUT2D eigenvalue weighted by Gasteiger charge is -2.09. The van der Waals surface area contributed by atoms with Crippen molar-refractivity contribution in [1.82, 2.24) is 9.97 Å². The Morgan fingerprint density at radius 2 is 1.67 bits per heavy atom. The van der Waals surface area contributed by atoms with E-state index in [0.717, 1.165) is 21.9 Å². The number of nitrogens with two attached hydrogens (primary N) is 1. The van der Waals surface area contributed by atoms with Crippen LogP contribution in [0.2, 0.25) is 0 Å². The van der Waals surface area contributed by atoms with Crippen molar-refractivity contribution < 1.29 is 4.21 Å². The summed E-state index contributed by atoms with van der Waals surface area (Å²) in [6.07, 6.45) is 1.66. The van der Waals surface area contributed by atoms with Gasteiger partial charge in [0, 0.05) is 17.0 Å². The fourth-order valence-electron chi connectivity index (χ4n) is 2.91. The van der Waals surface area contributed by atoms with E-state index >= 15 is 0 Å². The van der Waals surface area contributed by atoms with E-state index in [0.29, 0.717) is 15.9 Å². The second-order valence-corrected chi connectivity index (χ2v) is 6.47. The van der Waals surface area contributed by atoms with Gasteiger partial charge in [-0.25, -0.2) is 14.3 Å². The van der Waals surface area contributed by atoms with E-state index in [9.17, 15) is 9.00 Å². The number of rotatable bonds is 2. The Kier molecular flexibility index (Phi) is 3.48. The molecular weight excluding hydrogens is 322 g/mol. The summed E-state index contributed by atoms with van der Waals surface area (Å²) in [4.78, 5) is 19.9. The second kappa shape index (κ2) is 5.67. The number of pyridine rings is 2. The molecule has 118 valence electrons. The number of benzene rings is 2. The van der Waals surface area contributed by atoms with Crippen LogP contribution in [0.5, 0.6) is 0 Å². The lowest BCUT2D eigenvalue weighted by atomic mass is 9.99. The van der Waals surface area contributed by atoms with E-state index in [4.69, 9.17) is 5.14 Å². The average Bonchev–Trinajstić information content (AvgIpc) is 2.61. The van der Waals surface area contributed by atoms with Crippen LogP contribution in [0, 0.1) is 0 Å². The van der Waals surface area contributed by atoms with Gasteiger partial charge in [-0.15, -0.1) is 0 Å². The fourth-order valence-corrected chi connectivity index (χ4v) is 3.32. The van der Waals surface area contributed by atoms with Gasteiger partial charge in [0.05, 0.1) is 4.90 Å². The summed E-state index contributed by atoms with van der Waals surface area (Å²) in [7, 11) is -1.51. The Morgan fingerprint density at radius 1 is 0.958 bits per heavy atom. The lowest BCUT2D eigenvalue weighted by molar-refractivity contribution is 0.684. The predicted molar refractivity (Wildman–Crippen MR) is 95.9 cm³/mol. The lowest BCUT2D eigenvalue weighted by Crippen LogP contribution is -2.07. The van der Waals surface area contributed by atoms with Crippen molar-refractivity contribution in [3.63, 3.8) is 0 Å². The summed E-state index contributed by atoms with van der Waals surface area (Å²) in [6, 6.07) is 16.6. The zero-order valence-electron chi connectivity index (χ0n) is 12.5. The van der Waals surface area contributed by atoms with Gasteiger partial charge in [0.15, 0.2) is 0 Å². The molecule has 1 atom stereocenters. The van der Waals surface area contributed by atoms with Gasteiger partial charge in [0.25, 0.3) is 5.56 Å². The minimum absolute atomic E-state index is 0.156. The highest BCUT2D eigenvalue weighted by atomic mass is 32.2. The van der Waals surface area contributed by atoms with Crippen molar-refractivity contribution in [2.24, 2.45) is 5.14 Å². The molecule has 0 aliphatic heterocycles. The molecule has 0 fully saturated rings. The third kappa shape index (κ3) is 2.33. The fraction of sp³-hybridized carbons (Fsp3) is 0. The van der Waals surface area contributed by atoms with Crippen LogP contribution in [-0.4, -0.2) is 14.2 Å². The van der Waals surface area contributed by atoms with Gasteiger partial charge in [-0.2, -0.15) is 0 Å². The highest BCUT2D eigenvalue weighted by Gasteiger charge is 2.11. The molecule has 0 aliphatic rings. The van der Waals surface area contributed by atoms with Crippen molar-refractivity contribution in [2.75, 3.05) is 0 Å². The SMILES string of the molecule is NS(=O)c1ccc(-c2ccnc3[nH]c(=O)c4ccccc4c23)cc1.